The van der Waals surface area contributed by atoms with E-state index in [1.807, 2.05) is 66.4 Å². The summed E-state index contributed by atoms with van der Waals surface area (Å²) in [6.45, 7) is 0.602. The van der Waals surface area contributed by atoms with Crippen LogP contribution >= 0.6 is 11.8 Å². The van der Waals surface area contributed by atoms with Crippen molar-refractivity contribution in [2.75, 3.05) is 19.8 Å². The molecule has 128 valence electrons. The van der Waals surface area contributed by atoms with Gasteiger partial charge in [0.05, 0.1) is 6.20 Å². The van der Waals surface area contributed by atoms with Gasteiger partial charge in [0, 0.05) is 37.6 Å². The summed E-state index contributed by atoms with van der Waals surface area (Å²) in [7, 11) is 1.81. The van der Waals surface area contributed by atoms with E-state index >= 15 is 0 Å². The predicted octanol–water partition coefficient (Wildman–Crippen LogP) is 3.30. The van der Waals surface area contributed by atoms with Gasteiger partial charge in [0.1, 0.15) is 5.69 Å². The molecule has 0 unspecified atom stereocenters. The highest BCUT2D eigenvalue weighted by Crippen LogP contribution is 2.22. The van der Waals surface area contributed by atoms with E-state index in [4.69, 9.17) is 0 Å². The highest BCUT2D eigenvalue weighted by atomic mass is 32.2. The lowest BCUT2D eigenvalue weighted by Gasteiger charge is -2.18. The maximum atomic E-state index is 12.9. The number of pyridine rings is 1. The quantitative estimate of drug-likeness (QED) is 0.639. The molecule has 0 aliphatic rings. The van der Waals surface area contributed by atoms with Gasteiger partial charge in [-0.2, -0.15) is 0 Å². The molecule has 0 aliphatic heterocycles. The summed E-state index contributed by atoms with van der Waals surface area (Å²) < 4.78 is 1.91. The summed E-state index contributed by atoms with van der Waals surface area (Å²) >= 11 is 1.52. The molecule has 0 saturated carbocycles. The first-order chi connectivity index (χ1) is 12.2. The number of aromatic nitrogens is 3. The van der Waals surface area contributed by atoms with Crippen LogP contribution in [0.3, 0.4) is 0 Å². The Hall–Kier alpha value is -2.60. The fourth-order valence-electron chi connectivity index (χ4n) is 2.58. The number of carbonyl (C=O) groups excluding carboxylic acids is 1. The van der Waals surface area contributed by atoms with Crippen LogP contribution in [0.2, 0.25) is 0 Å². The van der Waals surface area contributed by atoms with Gasteiger partial charge in [-0.3, -0.25) is 14.3 Å². The van der Waals surface area contributed by atoms with Crippen molar-refractivity contribution < 1.29 is 4.79 Å². The molecule has 0 bridgehead atoms. The third-order valence-electron chi connectivity index (χ3n) is 3.92. The normalized spacial score (nSPS) is 10.6. The minimum absolute atomic E-state index is 0.0485. The van der Waals surface area contributed by atoms with Gasteiger partial charge < -0.3 is 4.90 Å². The molecular formula is C19H20N4OS. The lowest BCUT2D eigenvalue weighted by atomic mass is 10.2. The zero-order valence-corrected chi connectivity index (χ0v) is 15.1. The van der Waals surface area contributed by atoms with E-state index in [0.29, 0.717) is 12.2 Å². The molecule has 0 atom stereocenters. The Kier molecular flexibility index (Phi) is 5.50. The molecule has 3 rings (SSSR count). The van der Waals surface area contributed by atoms with Gasteiger partial charge in [0.2, 0.25) is 0 Å². The van der Waals surface area contributed by atoms with E-state index in [9.17, 15) is 4.79 Å². The van der Waals surface area contributed by atoms with Crippen LogP contribution in [0.25, 0.3) is 5.69 Å². The van der Waals surface area contributed by atoms with Gasteiger partial charge in [-0.05, 0) is 30.5 Å². The molecule has 1 aromatic carbocycles. The van der Waals surface area contributed by atoms with Crippen molar-refractivity contribution in [1.82, 2.24) is 19.4 Å². The van der Waals surface area contributed by atoms with Gasteiger partial charge in [-0.25, -0.2) is 4.98 Å². The Bertz CT molecular complexity index is 833. The van der Waals surface area contributed by atoms with E-state index in [1.165, 1.54) is 11.8 Å². The molecule has 0 radical (unpaired) electrons. The summed E-state index contributed by atoms with van der Waals surface area (Å²) in [6.07, 6.45) is 6.10. The van der Waals surface area contributed by atoms with Crippen LogP contribution in [-0.4, -0.2) is 45.2 Å². The van der Waals surface area contributed by atoms with E-state index in [2.05, 4.69) is 9.97 Å². The Morgan fingerprint density at radius 1 is 1.12 bits per heavy atom. The van der Waals surface area contributed by atoms with E-state index < -0.39 is 0 Å². The molecule has 5 nitrogen and oxygen atoms in total. The summed E-state index contributed by atoms with van der Waals surface area (Å²) in [5.74, 6) is -0.0485. The summed E-state index contributed by atoms with van der Waals surface area (Å²) in [5, 5.41) is 0.799. The molecular weight excluding hydrogens is 332 g/mol. The fraction of sp³-hybridized carbons (Fsp3) is 0.211. The third kappa shape index (κ3) is 3.91. The Balaban J connectivity index is 1.81. The van der Waals surface area contributed by atoms with Crippen LogP contribution in [0.5, 0.6) is 0 Å². The van der Waals surface area contributed by atoms with Crippen LogP contribution < -0.4 is 0 Å². The van der Waals surface area contributed by atoms with E-state index in [0.717, 1.165) is 23.0 Å². The van der Waals surface area contributed by atoms with Gasteiger partial charge in [-0.1, -0.05) is 36.0 Å². The summed E-state index contributed by atoms with van der Waals surface area (Å²) in [6, 6.07) is 15.6. The van der Waals surface area contributed by atoms with Crippen LogP contribution in [0.4, 0.5) is 0 Å². The van der Waals surface area contributed by atoms with Crippen LogP contribution in [0, 0.1) is 0 Å². The number of para-hydroxylation sites is 1. The Labute approximate surface area is 151 Å². The minimum atomic E-state index is -0.0485. The smallest absolute Gasteiger partial charge is 0.272 e. The second-order valence-electron chi connectivity index (χ2n) is 5.60. The van der Waals surface area contributed by atoms with Gasteiger partial charge in [0.25, 0.3) is 5.91 Å². The van der Waals surface area contributed by atoms with Crippen LogP contribution in [0.1, 0.15) is 16.2 Å². The average molecular weight is 352 g/mol. The average Bonchev–Trinajstić information content (AvgIpc) is 3.11. The Morgan fingerprint density at radius 2 is 1.88 bits per heavy atom. The van der Waals surface area contributed by atoms with Crippen molar-refractivity contribution in [2.45, 2.75) is 11.6 Å². The first-order valence-electron chi connectivity index (χ1n) is 8.03. The second-order valence-corrected chi connectivity index (χ2v) is 6.37. The first kappa shape index (κ1) is 17.2. The number of thioether (sulfide) groups is 1. The van der Waals surface area contributed by atoms with Gasteiger partial charge in [-0.15, -0.1) is 0 Å². The SMILES string of the molecule is CSc1ncc(C(=O)N(C)CCc2ccccn2)n1-c1ccccc1. The molecule has 0 aliphatic carbocycles. The summed E-state index contributed by atoms with van der Waals surface area (Å²) in [5.41, 5.74) is 2.48. The number of hydrogen-bond donors (Lipinski definition) is 0. The van der Waals surface area contributed by atoms with Crippen molar-refractivity contribution in [3.8, 4) is 5.69 Å². The van der Waals surface area contributed by atoms with Crippen molar-refractivity contribution in [2.24, 2.45) is 0 Å². The number of carbonyl (C=O) groups is 1. The molecule has 1 amide bonds. The molecule has 2 aromatic heterocycles. The first-order valence-corrected chi connectivity index (χ1v) is 9.25. The fourth-order valence-corrected chi connectivity index (χ4v) is 3.13. The third-order valence-corrected chi connectivity index (χ3v) is 4.57. The molecule has 0 fully saturated rings. The van der Waals surface area contributed by atoms with Gasteiger partial charge in [0.15, 0.2) is 5.16 Å². The number of nitrogens with zero attached hydrogens (tertiary/aromatic N) is 4. The number of amides is 1. The monoisotopic (exact) mass is 352 g/mol. The highest BCUT2D eigenvalue weighted by molar-refractivity contribution is 7.98. The number of imidazole rings is 1. The van der Waals surface area contributed by atoms with Crippen LogP contribution in [0.15, 0.2) is 66.1 Å². The molecule has 0 spiro atoms. The molecule has 25 heavy (non-hydrogen) atoms. The minimum Gasteiger partial charge on any atom is -0.340 e. The van der Waals surface area contributed by atoms with Crippen molar-refractivity contribution in [3.63, 3.8) is 0 Å². The topological polar surface area (TPSA) is 51.0 Å². The maximum Gasteiger partial charge on any atom is 0.272 e. The standard InChI is InChI=1S/C19H20N4OS/c1-22(13-11-15-8-6-7-12-20-15)18(24)17-14-21-19(25-2)23(17)16-9-4-3-5-10-16/h3-10,12,14H,11,13H2,1-2H3. The van der Waals surface area contributed by atoms with Crippen molar-refractivity contribution in [3.05, 3.63) is 72.3 Å². The number of likely N-dealkylation sites (N-methyl/N-ethyl adjacent to an activating group) is 1. The largest absolute Gasteiger partial charge is 0.340 e. The maximum absolute atomic E-state index is 12.9. The molecule has 6 heteroatoms. The number of hydrogen-bond acceptors (Lipinski definition) is 4. The molecule has 2 heterocycles. The molecule has 3 aromatic rings. The predicted molar refractivity (Wildman–Crippen MR) is 100 cm³/mol. The Morgan fingerprint density at radius 3 is 2.56 bits per heavy atom. The van der Waals surface area contributed by atoms with Crippen molar-refractivity contribution in [1.29, 1.82) is 0 Å². The van der Waals surface area contributed by atoms with Crippen LogP contribution in [-0.2, 0) is 6.42 Å². The number of rotatable bonds is 6. The number of benzene rings is 1. The zero-order chi connectivity index (χ0) is 17.6. The molecule has 0 N–H and O–H groups in total. The van der Waals surface area contributed by atoms with Gasteiger partial charge >= 0.3 is 0 Å². The lowest BCUT2D eigenvalue weighted by molar-refractivity contribution is 0.0788. The second kappa shape index (κ2) is 7.98. The van der Waals surface area contributed by atoms with E-state index in [-0.39, 0.29) is 5.91 Å². The zero-order valence-electron chi connectivity index (χ0n) is 14.3. The summed E-state index contributed by atoms with van der Waals surface area (Å²) in [4.78, 5) is 23.3. The molecule has 0 saturated heterocycles. The highest BCUT2D eigenvalue weighted by Gasteiger charge is 2.20. The van der Waals surface area contributed by atoms with E-state index in [1.54, 1.807) is 17.3 Å². The lowest BCUT2D eigenvalue weighted by Crippen LogP contribution is -2.30. The van der Waals surface area contributed by atoms with Crippen molar-refractivity contribution >= 4 is 17.7 Å².